The van der Waals surface area contributed by atoms with Crippen molar-refractivity contribution in [2.75, 3.05) is 6.54 Å². The normalized spacial score (nSPS) is 13.0. The van der Waals surface area contributed by atoms with Crippen LogP contribution in [0.5, 0.6) is 0 Å². The van der Waals surface area contributed by atoms with Crippen LogP contribution in [0.15, 0.2) is 22.7 Å². The third-order valence-corrected chi connectivity index (χ3v) is 3.63. The Morgan fingerprint density at radius 3 is 2.61 bits per heavy atom. The molecule has 1 nitrogen and oxygen atoms in total. The molecule has 0 amide bonds. The van der Waals surface area contributed by atoms with Crippen LogP contribution >= 0.6 is 15.9 Å². The van der Waals surface area contributed by atoms with Gasteiger partial charge in [0.05, 0.1) is 4.47 Å². The molecule has 0 aliphatic heterocycles. The van der Waals surface area contributed by atoms with Crippen molar-refractivity contribution in [3.8, 4) is 0 Å². The molecule has 1 rings (SSSR count). The zero-order chi connectivity index (χ0) is 13.5. The Morgan fingerprint density at radius 2 is 2.06 bits per heavy atom. The summed E-state index contributed by atoms with van der Waals surface area (Å²) in [7, 11) is 0. The van der Waals surface area contributed by atoms with Crippen LogP contribution in [0, 0.1) is 11.7 Å². The van der Waals surface area contributed by atoms with Crippen molar-refractivity contribution in [3.63, 3.8) is 0 Å². The number of hydrogen-bond acceptors (Lipinski definition) is 1. The second-order valence-corrected chi connectivity index (χ2v) is 6.02. The lowest BCUT2D eigenvalue weighted by Crippen LogP contribution is -2.29. The maximum absolute atomic E-state index is 13.2. The van der Waals surface area contributed by atoms with E-state index in [1.807, 2.05) is 12.1 Å². The molecule has 1 aromatic carbocycles. The molecule has 0 saturated carbocycles. The van der Waals surface area contributed by atoms with E-state index in [0.717, 1.165) is 13.0 Å². The Labute approximate surface area is 118 Å². The molecule has 0 radical (unpaired) electrons. The third kappa shape index (κ3) is 5.49. The molecule has 1 aromatic rings. The van der Waals surface area contributed by atoms with Gasteiger partial charge in [0, 0.05) is 6.04 Å². The van der Waals surface area contributed by atoms with Crippen LogP contribution in [0.1, 0.15) is 39.2 Å². The zero-order valence-corrected chi connectivity index (χ0v) is 13.1. The Bertz CT molecular complexity index is 366. The second kappa shape index (κ2) is 7.90. The lowest BCUT2D eigenvalue weighted by Gasteiger charge is -2.19. The van der Waals surface area contributed by atoms with Crippen molar-refractivity contribution in [2.24, 2.45) is 5.92 Å². The quantitative estimate of drug-likeness (QED) is 0.778. The predicted molar refractivity (Wildman–Crippen MR) is 79.3 cm³/mol. The molecular formula is C15H23BrFN. The smallest absolute Gasteiger partial charge is 0.137 e. The van der Waals surface area contributed by atoms with Gasteiger partial charge in [-0.05, 0) is 58.9 Å². The van der Waals surface area contributed by atoms with Crippen LogP contribution in [0.25, 0.3) is 0 Å². The highest BCUT2D eigenvalue weighted by Gasteiger charge is 2.10. The minimum Gasteiger partial charge on any atom is -0.314 e. The van der Waals surface area contributed by atoms with Crippen molar-refractivity contribution in [3.05, 3.63) is 34.1 Å². The van der Waals surface area contributed by atoms with Gasteiger partial charge in [-0.3, -0.25) is 0 Å². The molecule has 102 valence electrons. The SMILES string of the molecule is CCCC(CNC(C)C)Cc1ccc(F)c(Br)c1. The Balaban J connectivity index is 2.61. The highest BCUT2D eigenvalue weighted by molar-refractivity contribution is 9.10. The van der Waals surface area contributed by atoms with Gasteiger partial charge in [-0.2, -0.15) is 0 Å². The van der Waals surface area contributed by atoms with Gasteiger partial charge in [0.15, 0.2) is 0 Å². The molecule has 0 aromatic heterocycles. The molecule has 0 heterocycles. The lowest BCUT2D eigenvalue weighted by atomic mass is 9.94. The second-order valence-electron chi connectivity index (χ2n) is 5.17. The highest BCUT2D eigenvalue weighted by atomic mass is 79.9. The fourth-order valence-electron chi connectivity index (χ4n) is 2.09. The van der Waals surface area contributed by atoms with E-state index in [2.05, 4.69) is 42.0 Å². The molecule has 3 heteroatoms. The first-order valence-corrected chi connectivity index (χ1v) is 7.49. The van der Waals surface area contributed by atoms with E-state index in [0.29, 0.717) is 16.4 Å². The third-order valence-electron chi connectivity index (χ3n) is 3.02. The van der Waals surface area contributed by atoms with Crippen LogP contribution in [0.4, 0.5) is 4.39 Å². The molecule has 0 fully saturated rings. The summed E-state index contributed by atoms with van der Waals surface area (Å²) in [6, 6.07) is 5.84. The van der Waals surface area contributed by atoms with Crippen molar-refractivity contribution < 1.29 is 4.39 Å². The van der Waals surface area contributed by atoms with E-state index in [9.17, 15) is 4.39 Å². The summed E-state index contributed by atoms with van der Waals surface area (Å²) < 4.78 is 13.7. The number of nitrogens with one attached hydrogen (secondary N) is 1. The van der Waals surface area contributed by atoms with E-state index in [1.165, 1.54) is 24.5 Å². The average Bonchev–Trinajstić information content (AvgIpc) is 2.31. The highest BCUT2D eigenvalue weighted by Crippen LogP contribution is 2.20. The number of hydrogen-bond donors (Lipinski definition) is 1. The summed E-state index contributed by atoms with van der Waals surface area (Å²) in [5.74, 6) is 0.431. The van der Waals surface area contributed by atoms with Gasteiger partial charge in [0.25, 0.3) is 0 Å². The number of benzene rings is 1. The largest absolute Gasteiger partial charge is 0.314 e. The Morgan fingerprint density at radius 1 is 1.33 bits per heavy atom. The van der Waals surface area contributed by atoms with Gasteiger partial charge in [-0.25, -0.2) is 4.39 Å². The van der Waals surface area contributed by atoms with E-state index >= 15 is 0 Å². The summed E-state index contributed by atoms with van der Waals surface area (Å²) in [6.07, 6.45) is 3.40. The Kier molecular flexibility index (Phi) is 6.87. The maximum atomic E-state index is 13.2. The van der Waals surface area contributed by atoms with E-state index in [4.69, 9.17) is 0 Å². The van der Waals surface area contributed by atoms with Gasteiger partial charge >= 0.3 is 0 Å². The molecule has 1 N–H and O–H groups in total. The maximum Gasteiger partial charge on any atom is 0.137 e. The van der Waals surface area contributed by atoms with Gasteiger partial charge in [0.2, 0.25) is 0 Å². The van der Waals surface area contributed by atoms with Crippen molar-refractivity contribution >= 4 is 15.9 Å². The topological polar surface area (TPSA) is 12.0 Å². The summed E-state index contributed by atoms with van der Waals surface area (Å²) in [5.41, 5.74) is 1.20. The van der Waals surface area contributed by atoms with Crippen molar-refractivity contribution in [1.82, 2.24) is 5.32 Å². The number of halogens is 2. The average molecular weight is 316 g/mol. The van der Waals surface area contributed by atoms with Crippen LogP contribution in [0.2, 0.25) is 0 Å². The van der Waals surface area contributed by atoms with E-state index in [1.54, 1.807) is 0 Å². The minimum absolute atomic E-state index is 0.189. The van der Waals surface area contributed by atoms with E-state index in [-0.39, 0.29) is 5.82 Å². The first kappa shape index (κ1) is 15.6. The molecule has 0 aliphatic carbocycles. The summed E-state index contributed by atoms with van der Waals surface area (Å²) >= 11 is 3.25. The summed E-state index contributed by atoms with van der Waals surface area (Å²) in [5, 5.41) is 3.49. The zero-order valence-electron chi connectivity index (χ0n) is 11.5. The van der Waals surface area contributed by atoms with Crippen LogP contribution in [0.3, 0.4) is 0 Å². The van der Waals surface area contributed by atoms with E-state index < -0.39 is 0 Å². The molecule has 0 spiro atoms. The summed E-state index contributed by atoms with van der Waals surface area (Å²) in [6.45, 7) is 7.57. The minimum atomic E-state index is -0.189. The Hall–Kier alpha value is -0.410. The van der Waals surface area contributed by atoms with Gasteiger partial charge in [0.1, 0.15) is 5.82 Å². The van der Waals surface area contributed by atoms with Crippen molar-refractivity contribution in [2.45, 2.75) is 46.1 Å². The van der Waals surface area contributed by atoms with Crippen molar-refractivity contribution in [1.29, 1.82) is 0 Å². The summed E-state index contributed by atoms with van der Waals surface area (Å²) in [4.78, 5) is 0. The fourth-order valence-corrected chi connectivity index (χ4v) is 2.51. The first-order valence-electron chi connectivity index (χ1n) is 6.70. The van der Waals surface area contributed by atoms with Gasteiger partial charge in [-0.15, -0.1) is 0 Å². The molecule has 0 bridgehead atoms. The fraction of sp³-hybridized carbons (Fsp3) is 0.600. The molecular weight excluding hydrogens is 293 g/mol. The molecule has 18 heavy (non-hydrogen) atoms. The van der Waals surface area contributed by atoms with Crippen LogP contribution < -0.4 is 5.32 Å². The van der Waals surface area contributed by atoms with Crippen LogP contribution in [-0.4, -0.2) is 12.6 Å². The lowest BCUT2D eigenvalue weighted by molar-refractivity contribution is 0.418. The first-order chi connectivity index (χ1) is 8.52. The molecule has 0 aliphatic rings. The monoisotopic (exact) mass is 315 g/mol. The standard InChI is InChI=1S/C15H23BrFN/c1-4-5-13(10-18-11(2)3)8-12-6-7-15(17)14(16)9-12/h6-7,9,11,13,18H,4-5,8,10H2,1-3H3. The molecule has 0 saturated heterocycles. The van der Waals surface area contributed by atoms with Crippen LogP contribution in [-0.2, 0) is 6.42 Å². The molecule has 1 unspecified atom stereocenters. The molecule has 1 atom stereocenters. The predicted octanol–water partition coefficient (Wildman–Crippen LogP) is 4.55. The van der Waals surface area contributed by atoms with Gasteiger partial charge < -0.3 is 5.32 Å². The number of rotatable bonds is 7. The van der Waals surface area contributed by atoms with Gasteiger partial charge in [-0.1, -0.05) is 33.3 Å².